The van der Waals surface area contributed by atoms with E-state index in [0.717, 1.165) is 5.56 Å². The molecule has 2 N–H and O–H groups in total. The van der Waals surface area contributed by atoms with E-state index in [1.165, 1.54) is 6.92 Å². The van der Waals surface area contributed by atoms with Crippen molar-refractivity contribution in [1.29, 1.82) is 0 Å². The van der Waals surface area contributed by atoms with Crippen molar-refractivity contribution in [1.82, 2.24) is 4.72 Å². The lowest BCUT2D eigenvalue weighted by Crippen LogP contribution is -2.41. The zero-order chi connectivity index (χ0) is 15.2. The summed E-state index contributed by atoms with van der Waals surface area (Å²) in [5, 5.41) is 9.10. The van der Waals surface area contributed by atoms with Crippen LogP contribution in [0.1, 0.15) is 25.8 Å². The lowest BCUT2D eigenvalue weighted by Gasteiger charge is -2.23. The van der Waals surface area contributed by atoms with Crippen LogP contribution < -0.4 is 4.72 Å². The molecule has 20 heavy (non-hydrogen) atoms. The molecule has 0 saturated heterocycles. The molecule has 1 aromatic rings. The Morgan fingerprint density at radius 1 is 1.30 bits per heavy atom. The summed E-state index contributed by atoms with van der Waals surface area (Å²) in [5.74, 6) is -1.04. The van der Waals surface area contributed by atoms with Crippen molar-refractivity contribution in [2.75, 3.05) is 12.3 Å². The van der Waals surface area contributed by atoms with E-state index in [4.69, 9.17) is 5.11 Å². The number of aryl methyl sites for hydroxylation is 1. The second-order valence-electron chi connectivity index (χ2n) is 5.09. The Balaban J connectivity index is 2.56. The molecule has 1 aromatic carbocycles. The van der Waals surface area contributed by atoms with Crippen molar-refractivity contribution in [2.24, 2.45) is 5.41 Å². The number of benzene rings is 1. The number of sulfonamides is 1. The van der Waals surface area contributed by atoms with Crippen molar-refractivity contribution in [2.45, 2.75) is 26.7 Å². The third-order valence-corrected chi connectivity index (χ3v) is 4.81. The van der Waals surface area contributed by atoms with Crippen LogP contribution in [0.5, 0.6) is 0 Å². The van der Waals surface area contributed by atoms with E-state index in [-0.39, 0.29) is 12.3 Å². The number of carboxylic acids is 1. The Labute approximate surface area is 120 Å². The smallest absolute Gasteiger partial charge is 0.310 e. The Bertz CT molecular complexity index is 542. The van der Waals surface area contributed by atoms with Crippen LogP contribution in [0.15, 0.2) is 30.3 Å². The van der Waals surface area contributed by atoms with Gasteiger partial charge in [-0.05, 0) is 25.3 Å². The molecule has 0 amide bonds. The Morgan fingerprint density at radius 3 is 2.40 bits per heavy atom. The van der Waals surface area contributed by atoms with Gasteiger partial charge >= 0.3 is 5.97 Å². The predicted octanol–water partition coefficient (Wildman–Crippen LogP) is 1.65. The molecule has 0 aromatic heterocycles. The van der Waals surface area contributed by atoms with Gasteiger partial charge in [-0.3, -0.25) is 4.79 Å². The summed E-state index contributed by atoms with van der Waals surface area (Å²) in [7, 11) is -3.47. The maximum atomic E-state index is 11.9. The topological polar surface area (TPSA) is 83.5 Å². The maximum Gasteiger partial charge on any atom is 0.310 e. The lowest BCUT2D eigenvalue weighted by atomic mass is 9.88. The number of carbonyl (C=O) groups is 1. The fourth-order valence-corrected chi connectivity index (χ4v) is 2.78. The summed E-state index contributed by atoms with van der Waals surface area (Å²) in [6, 6.07) is 9.31. The van der Waals surface area contributed by atoms with Crippen LogP contribution in [0.25, 0.3) is 0 Å². The molecule has 1 unspecified atom stereocenters. The molecule has 5 nitrogen and oxygen atoms in total. The van der Waals surface area contributed by atoms with Gasteiger partial charge in [0.2, 0.25) is 10.0 Å². The third-order valence-electron chi connectivity index (χ3n) is 3.48. The van der Waals surface area contributed by atoms with Crippen LogP contribution in [-0.4, -0.2) is 31.8 Å². The van der Waals surface area contributed by atoms with E-state index >= 15 is 0 Å². The summed E-state index contributed by atoms with van der Waals surface area (Å²) >= 11 is 0. The first-order valence-corrected chi connectivity index (χ1v) is 8.19. The molecule has 0 bridgehead atoms. The van der Waals surface area contributed by atoms with Gasteiger partial charge in [0.05, 0.1) is 11.2 Å². The van der Waals surface area contributed by atoms with E-state index < -0.39 is 21.4 Å². The number of hydrogen-bond acceptors (Lipinski definition) is 3. The van der Waals surface area contributed by atoms with Crippen molar-refractivity contribution in [3.63, 3.8) is 0 Å². The number of aliphatic carboxylic acids is 1. The molecule has 0 aliphatic rings. The molecule has 0 aliphatic heterocycles. The third kappa shape index (κ3) is 4.94. The predicted molar refractivity (Wildman–Crippen MR) is 78.0 cm³/mol. The molecular weight excluding hydrogens is 278 g/mol. The van der Waals surface area contributed by atoms with Crippen molar-refractivity contribution in [3.8, 4) is 0 Å². The van der Waals surface area contributed by atoms with Crippen molar-refractivity contribution in [3.05, 3.63) is 35.9 Å². The highest BCUT2D eigenvalue weighted by Crippen LogP contribution is 2.20. The Morgan fingerprint density at radius 2 is 1.90 bits per heavy atom. The lowest BCUT2D eigenvalue weighted by molar-refractivity contribution is -0.147. The highest BCUT2D eigenvalue weighted by Gasteiger charge is 2.32. The van der Waals surface area contributed by atoms with Crippen LogP contribution in [-0.2, 0) is 21.2 Å². The Hall–Kier alpha value is -1.40. The van der Waals surface area contributed by atoms with Crippen LogP contribution in [0.2, 0.25) is 0 Å². The van der Waals surface area contributed by atoms with Crippen LogP contribution >= 0.6 is 0 Å². The first-order chi connectivity index (χ1) is 9.29. The number of hydrogen-bond donors (Lipinski definition) is 2. The first kappa shape index (κ1) is 16.7. The maximum absolute atomic E-state index is 11.9. The number of nitrogens with one attached hydrogen (secondary N) is 1. The minimum absolute atomic E-state index is 0.0452. The molecule has 0 spiro atoms. The minimum atomic E-state index is -3.47. The SMILES string of the molecule is CCC(C)(CNS(=O)(=O)CCc1ccccc1)C(=O)O. The van der Waals surface area contributed by atoms with Gasteiger partial charge in [-0.2, -0.15) is 0 Å². The Kier molecular flexibility index (Phi) is 5.71. The van der Waals surface area contributed by atoms with Gasteiger partial charge in [-0.15, -0.1) is 0 Å². The van der Waals surface area contributed by atoms with Gasteiger partial charge in [-0.25, -0.2) is 13.1 Å². The van der Waals surface area contributed by atoms with Crippen LogP contribution in [0.3, 0.4) is 0 Å². The van der Waals surface area contributed by atoms with Gasteiger partial charge in [-0.1, -0.05) is 37.3 Å². The van der Waals surface area contributed by atoms with E-state index in [0.29, 0.717) is 12.8 Å². The summed E-state index contributed by atoms with van der Waals surface area (Å²) < 4.78 is 26.2. The summed E-state index contributed by atoms with van der Waals surface area (Å²) in [6.07, 6.45) is 0.773. The van der Waals surface area contributed by atoms with E-state index in [2.05, 4.69) is 4.72 Å². The number of carboxylic acid groups (broad SMARTS) is 1. The van der Waals surface area contributed by atoms with Gasteiger partial charge in [0, 0.05) is 6.54 Å². The summed E-state index contributed by atoms with van der Waals surface area (Å²) in [5.41, 5.74) is -0.130. The van der Waals surface area contributed by atoms with E-state index in [1.54, 1.807) is 6.92 Å². The molecule has 1 atom stereocenters. The summed E-state index contributed by atoms with van der Waals surface area (Å²) in [4.78, 5) is 11.1. The van der Waals surface area contributed by atoms with Gasteiger partial charge in [0.15, 0.2) is 0 Å². The fourth-order valence-electron chi connectivity index (χ4n) is 1.59. The molecule has 6 heteroatoms. The van der Waals surface area contributed by atoms with Gasteiger partial charge in [0.25, 0.3) is 0 Å². The zero-order valence-corrected chi connectivity index (χ0v) is 12.6. The van der Waals surface area contributed by atoms with Crippen LogP contribution in [0.4, 0.5) is 0 Å². The number of rotatable bonds is 8. The van der Waals surface area contributed by atoms with Crippen LogP contribution in [0, 0.1) is 5.41 Å². The second-order valence-corrected chi connectivity index (χ2v) is 7.02. The van der Waals surface area contributed by atoms with E-state index in [9.17, 15) is 13.2 Å². The molecule has 0 heterocycles. The highest BCUT2D eigenvalue weighted by atomic mass is 32.2. The normalized spacial score (nSPS) is 14.7. The minimum Gasteiger partial charge on any atom is -0.481 e. The molecule has 0 radical (unpaired) electrons. The average Bonchev–Trinajstić information content (AvgIpc) is 2.44. The summed E-state index contributed by atoms with van der Waals surface area (Å²) in [6.45, 7) is 3.18. The molecule has 0 fully saturated rings. The average molecular weight is 299 g/mol. The highest BCUT2D eigenvalue weighted by molar-refractivity contribution is 7.89. The second kappa shape index (κ2) is 6.85. The van der Waals surface area contributed by atoms with E-state index in [1.807, 2.05) is 30.3 Å². The quantitative estimate of drug-likeness (QED) is 0.764. The molecule has 0 saturated carbocycles. The standard InChI is InChI=1S/C14H21NO4S/c1-3-14(2,13(16)17)11-15-20(18,19)10-9-12-7-5-4-6-8-12/h4-8,15H,3,9-11H2,1-2H3,(H,16,17). The molecular formula is C14H21NO4S. The van der Waals surface area contributed by atoms with Crippen molar-refractivity contribution >= 4 is 16.0 Å². The van der Waals surface area contributed by atoms with Gasteiger partial charge in [0.1, 0.15) is 0 Å². The largest absolute Gasteiger partial charge is 0.481 e. The fraction of sp³-hybridized carbons (Fsp3) is 0.500. The first-order valence-electron chi connectivity index (χ1n) is 6.54. The van der Waals surface area contributed by atoms with Gasteiger partial charge < -0.3 is 5.11 Å². The zero-order valence-electron chi connectivity index (χ0n) is 11.8. The monoisotopic (exact) mass is 299 g/mol. The molecule has 1 rings (SSSR count). The molecule has 0 aliphatic carbocycles. The van der Waals surface area contributed by atoms with Crippen molar-refractivity contribution < 1.29 is 18.3 Å². The molecule has 112 valence electrons.